The van der Waals surface area contributed by atoms with Crippen molar-refractivity contribution in [2.24, 2.45) is 5.73 Å². The highest BCUT2D eigenvalue weighted by Gasteiger charge is 2.14. The maximum Gasteiger partial charge on any atom is 0.237 e. The number of phenols is 1. The van der Waals surface area contributed by atoms with Gasteiger partial charge in [-0.15, -0.1) is 0 Å². The predicted octanol–water partition coefficient (Wildman–Crippen LogP) is 0.677. The molecule has 0 aliphatic rings. The highest BCUT2D eigenvalue weighted by Crippen LogP contribution is 2.10. The molecular formula is C15H18N4O2. The number of rotatable bonds is 5. The highest BCUT2D eigenvalue weighted by molar-refractivity contribution is 5.81. The second-order valence-corrected chi connectivity index (χ2v) is 4.79. The average Bonchev–Trinajstić information content (AvgIpc) is 2.47. The summed E-state index contributed by atoms with van der Waals surface area (Å²) in [7, 11) is 0. The summed E-state index contributed by atoms with van der Waals surface area (Å²) in [4.78, 5) is 20.1. The van der Waals surface area contributed by atoms with E-state index in [-0.39, 0.29) is 11.7 Å². The number of nitrogens with one attached hydrogen (secondary N) is 1. The molecule has 6 nitrogen and oxygen atoms in total. The Bertz CT molecular complexity index is 613. The number of nitrogens with zero attached hydrogens (tertiary/aromatic N) is 2. The molecule has 1 heterocycles. The Kier molecular flexibility index (Phi) is 4.84. The van der Waals surface area contributed by atoms with Crippen molar-refractivity contribution >= 4 is 5.91 Å². The molecule has 0 fully saturated rings. The number of hydrogen-bond donors (Lipinski definition) is 3. The lowest BCUT2D eigenvalue weighted by Crippen LogP contribution is -2.41. The van der Waals surface area contributed by atoms with E-state index < -0.39 is 6.04 Å². The highest BCUT2D eigenvalue weighted by atomic mass is 16.3. The van der Waals surface area contributed by atoms with Crippen LogP contribution in [0.5, 0.6) is 5.75 Å². The minimum atomic E-state index is -0.641. The average molecular weight is 286 g/mol. The molecule has 4 N–H and O–H groups in total. The summed E-state index contributed by atoms with van der Waals surface area (Å²) in [5, 5.41) is 12.0. The zero-order chi connectivity index (χ0) is 15.2. The third-order valence-corrected chi connectivity index (χ3v) is 3.01. The van der Waals surface area contributed by atoms with Crippen molar-refractivity contribution in [1.82, 2.24) is 15.3 Å². The molecule has 2 rings (SSSR count). The van der Waals surface area contributed by atoms with Crippen LogP contribution in [-0.2, 0) is 17.8 Å². The quantitative estimate of drug-likeness (QED) is 0.750. The fraction of sp³-hybridized carbons (Fsp3) is 0.267. The molecule has 6 heteroatoms. The van der Waals surface area contributed by atoms with Crippen LogP contribution in [0, 0.1) is 6.92 Å². The summed E-state index contributed by atoms with van der Waals surface area (Å²) in [6, 6.07) is 7.75. The van der Waals surface area contributed by atoms with Crippen molar-refractivity contribution in [3.63, 3.8) is 0 Å². The van der Waals surface area contributed by atoms with Crippen molar-refractivity contribution < 1.29 is 9.90 Å². The molecule has 0 aliphatic heterocycles. The van der Waals surface area contributed by atoms with Crippen LogP contribution in [0.2, 0.25) is 0 Å². The molecule has 1 aromatic carbocycles. The number of aryl methyl sites for hydroxylation is 1. The van der Waals surface area contributed by atoms with Crippen molar-refractivity contribution in [2.75, 3.05) is 0 Å². The Morgan fingerprint density at radius 2 is 2.05 bits per heavy atom. The lowest BCUT2D eigenvalue weighted by Gasteiger charge is -2.12. The zero-order valence-electron chi connectivity index (χ0n) is 11.8. The Balaban J connectivity index is 1.86. The molecule has 2 aromatic rings. The molecule has 21 heavy (non-hydrogen) atoms. The van der Waals surface area contributed by atoms with Crippen molar-refractivity contribution in [1.29, 1.82) is 0 Å². The molecular weight excluding hydrogens is 268 g/mol. The van der Waals surface area contributed by atoms with Crippen molar-refractivity contribution in [2.45, 2.75) is 25.9 Å². The smallest absolute Gasteiger partial charge is 0.237 e. The van der Waals surface area contributed by atoms with Gasteiger partial charge in [0, 0.05) is 6.20 Å². The van der Waals surface area contributed by atoms with Crippen LogP contribution < -0.4 is 11.1 Å². The van der Waals surface area contributed by atoms with Gasteiger partial charge in [-0.1, -0.05) is 12.1 Å². The van der Waals surface area contributed by atoms with Gasteiger partial charge in [-0.2, -0.15) is 0 Å². The standard InChI is InChI=1S/C15H18N4O2/c1-10-17-7-6-12(19-10)9-18-15(21)14(16)8-11-2-4-13(20)5-3-11/h2-7,14,20H,8-9,16H2,1H3,(H,18,21)/t14-/m1/s1. The van der Waals surface area contributed by atoms with Crippen LogP contribution in [0.1, 0.15) is 17.1 Å². The van der Waals surface area contributed by atoms with E-state index in [2.05, 4.69) is 15.3 Å². The van der Waals surface area contributed by atoms with E-state index in [4.69, 9.17) is 5.73 Å². The molecule has 0 unspecified atom stereocenters. The minimum absolute atomic E-state index is 0.191. The summed E-state index contributed by atoms with van der Waals surface area (Å²) < 4.78 is 0. The number of aromatic hydroxyl groups is 1. The normalized spacial score (nSPS) is 11.9. The lowest BCUT2D eigenvalue weighted by molar-refractivity contribution is -0.122. The van der Waals surface area contributed by atoms with Gasteiger partial charge in [0.25, 0.3) is 0 Å². The number of phenolic OH excluding ortho intramolecular Hbond substituents is 1. The van der Waals surface area contributed by atoms with E-state index in [9.17, 15) is 9.90 Å². The SMILES string of the molecule is Cc1nccc(CNC(=O)[C@H](N)Cc2ccc(O)cc2)n1. The molecule has 1 amide bonds. The number of nitrogens with two attached hydrogens (primary N) is 1. The Hall–Kier alpha value is -2.47. The Labute approximate surface area is 123 Å². The molecule has 1 atom stereocenters. The van der Waals surface area contributed by atoms with E-state index in [1.54, 1.807) is 43.5 Å². The summed E-state index contributed by atoms with van der Waals surface area (Å²) in [5.41, 5.74) is 7.51. The fourth-order valence-electron chi connectivity index (χ4n) is 1.89. The van der Waals surface area contributed by atoms with Crippen LogP contribution in [0.15, 0.2) is 36.5 Å². The molecule has 110 valence electrons. The van der Waals surface area contributed by atoms with Gasteiger partial charge >= 0.3 is 0 Å². The Morgan fingerprint density at radius 3 is 2.71 bits per heavy atom. The van der Waals surface area contributed by atoms with Crippen LogP contribution in [0.3, 0.4) is 0 Å². The largest absolute Gasteiger partial charge is 0.508 e. The number of benzene rings is 1. The first-order valence-electron chi connectivity index (χ1n) is 6.64. The lowest BCUT2D eigenvalue weighted by atomic mass is 10.1. The van der Waals surface area contributed by atoms with Gasteiger partial charge in [0.05, 0.1) is 18.3 Å². The van der Waals surface area contributed by atoms with Crippen LogP contribution in [0.4, 0.5) is 0 Å². The maximum atomic E-state index is 11.9. The molecule has 0 aliphatic carbocycles. The van der Waals surface area contributed by atoms with Crippen molar-refractivity contribution in [3.8, 4) is 5.75 Å². The zero-order valence-corrected chi connectivity index (χ0v) is 11.8. The van der Waals surface area contributed by atoms with Gasteiger partial charge in [-0.05, 0) is 37.1 Å². The predicted molar refractivity (Wildman–Crippen MR) is 78.4 cm³/mol. The first-order chi connectivity index (χ1) is 10.0. The molecule has 0 radical (unpaired) electrons. The van der Waals surface area contributed by atoms with Gasteiger partial charge in [-0.3, -0.25) is 4.79 Å². The fourth-order valence-corrected chi connectivity index (χ4v) is 1.89. The molecule has 0 spiro atoms. The van der Waals surface area contributed by atoms with E-state index >= 15 is 0 Å². The van der Waals surface area contributed by atoms with Crippen molar-refractivity contribution in [3.05, 3.63) is 53.6 Å². The van der Waals surface area contributed by atoms with E-state index in [0.29, 0.717) is 18.8 Å². The Morgan fingerprint density at radius 1 is 1.33 bits per heavy atom. The topological polar surface area (TPSA) is 101 Å². The first kappa shape index (κ1) is 14.9. The molecule has 0 saturated carbocycles. The summed E-state index contributed by atoms with van der Waals surface area (Å²) >= 11 is 0. The minimum Gasteiger partial charge on any atom is -0.508 e. The number of carbonyl (C=O) groups excluding carboxylic acids is 1. The van der Waals surface area contributed by atoms with Crippen LogP contribution >= 0.6 is 0 Å². The number of carbonyl (C=O) groups is 1. The van der Waals surface area contributed by atoms with Gasteiger partial charge in [-0.25, -0.2) is 9.97 Å². The summed E-state index contributed by atoms with van der Waals surface area (Å²) in [6.07, 6.45) is 2.06. The third-order valence-electron chi connectivity index (χ3n) is 3.01. The summed E-state index contributed by atoms with van der Waals surface area (Å²) in [6.45, 7) is 2.12. The first-order valence-corrected chi connectivity index (χ1v) is 6.64. The number of amides is 1. The van der Waals surface area contributed by atoms with Crippen LogP contribution in [0.25, 0.3) is 0 Å². The molecule has 0 bridgehead atoms. The van der Waals surface area contributed by atoms with Gasteiger partial charge in [0.15, 0.2) is 0 Å². The van der Waals surface area contributed by atoms with Gasteiger partial charge in [0.1, 0.15) is 11.6 Å². The second kappa shape index (κ2) is 6.81. The van der Waals surface area contributed by atoms with E-state index in [1.807, 2.05) is 0 Å². The van der Waals surface area contributed by atoms with E-state index in [0.717, 1.165) is 11.3 Å². The van der Waals surface area contributed by atoms with E-state index in [1.165, 1.54) is 0 Å². The van der Waals surface area contributed by atoms with Crippen LogP contribution in [-0.4, -0.2) is 27.0 Å². The molecule has 1 aromatic heterocycles. The molecule has 0 saturated heterocycles. The number of aromatic nitrogens is 2. The maximum absolute atomic E-state index is 11.9. The monoisotopic (exact) mass is 286 g/mol. The second-order valence-electron chi connectivity index (χ2n) is 4.79. The van der Waals surface area contributed by atoms with Gasteiger partial charge in [0.2, 0.25) is 5.91 Å². The van der Waals surface area contributed by atoms with Gasteiger partial charge < -0.3 is 16.2 Å². The third kappa shape index (κ3) is 4.54. The summed E-state index contributed by atoms with van der Waals surface area (Å²) in [5.74, 6) is 0.616. The number of hydrogen-bond acceptors (Lipinski definition) is 5.